The molecule has 3 nitrogen and oxygen atoms in total. The Morgan fingerprint density at radius 2 is 1.95 bits per heavy atom. The maximum Gasteiger partial charge on any atom is 0.166 e. The molecule has 1 fully saturated rings. The van der Waals surface area contributed by atoms with Crippen molar-refractivity contribution in [2.24, 2.45) is 11.8 Å². The number of carbonyl (C=O) groups excluding carboxylic acids is 1. The predicted molar refractivity (Wildman–Crippen MR) is 77.5 cm³/mol. The van der Waals surface area contributed by atoms with Gasteiger partial charge >= 0.3 is 0 Å². The van der Waals surface area contributed by atoms with Crippen molar-refractivity contribution in [3.63, 3.8) is 0 Å². The van der Waals surface area contributed by atoms with Crippen molar-refractivity contribution in [2.45, 2.75) is 66.3 Å². The summed E-state index contributed by atoms with van der Waals surface area (Å²) in [5.41, 5.74) is 2.82. The average molecular weight is 262 g/mol. The smallest absolute Gasteiger partial charge is 0.166 e. The summed E-state index contributed by atoms with van der Waals surface area (Å²) >= 11 is 0. The summed E-state index contributed by atoms with van der Waals surface area (Å²) in [6.45, 7) is 10.6. The largest absolute Gasteiger partial charge is 0.294 e. The highest BCUT2D eigenvalue weighted by atomic mass is 16.1. The van der Waals surface area contributed by atoms with Crippen LogP contribution in [0.15, 0.2) is 0 Å². The minimum atomic E-state index is 0.221. The Balaban J connectivity index is 2.29. The van der Waals surface area contributed by atoms with Crippen molar-refractivity contribution in [2.75, 3.05) is 0 Å². The van der Waals surface area contributed by atoms with Crippen LogP contribution in [0.1, 0.15) is 74.2 Å². The maximum absolute atomic E-state index is 12.0. The van der Waals surface area contributed by atoms with E-state index < -0.39 is 0 Å². The quantitative estimate of drug-likeness (QED) is 0.769. The highest BCUT2D eigenvalue weighted by Crippen LogP contribution is 2.37. The molecule has 0 aromatic carbocycles. The molecule has 106 valence electrons. The van der Waals surface area contributed by atoms with Crippen LogP contribution in [0.25, 0.3) is 0 Å². The first-order chi connectivity index (χ1) is 8.95. The summed E-state index contributed by atoms with van der Waals surface area (Å²) in [5, 5.41) is 4.66. The van der Waals surface area contributed by atoms with E-state index >= 15 is 0 Å². The van der Waals surface area contributed by atoms with Crippen molar-refractivity contribution < 1.29 is 4.79 Å². The molecule has 0 saturated heterocycles. The Morgan fingerprint density at radius 1 is 1.26 bits per heavy atom. The third-order valence-electron chi connectivity index (χ3n) is 4.84. The van der Waals surface area contributed by atoms with Crippen molar-refractivity contribution in [1.29, 1.82) is 0 Å². The van der Waals surface area contributed by atoms with Crippen molar-refractivity contribution >= 4 is 5.78 Å². The Hall–Kier alpha value is -1.12. The lowest BCUT2D eigenvalue weighted by Crippen LogP contribution is -2.24. The number of rotatable bonds is 3. The fourth-order valence-corrected chi connectivity index (χ4v) is 3.34. The molecule has 3 atom stereocenters. The van der Waals surface area contributed by atoms with E-state index in [2.05, 4.69) is 23.6 Å². The molecule has 0 amide bonds. The monoisotopic (exact) mass is 262 g/mol. The van der Waals surface area contributed by atoms with E-state index in [1.165, 1.54) is 19.3 Å². The van der Waals surface area contributed by atoms with Gasteiger partial charge in [-0.3, -0.25) is 9.48 Å². The first-order valence-electron chi connectivity index (χ1n) is 7.54. The van der Waals surface area contributed by atoms with E-state index in [4.69, 9.17) is 0 Å². The second kappa shape index (κ2) is 5.48. The minimum Gasteiger partial charge on any atom is -0.294 e. The van der Waals surface area contributed by atoms with E-state index in [9.17, 15) is 4.79 Å². The van der Waals surface area contributed by atoms with E-state index in [0.717, 1.165) is 28.8 Å². The second-order valence-electron chi connectivity index (χ2n) is 6.19. The topological polar surface area (TPSA) is 34.9 Å². The first-order valence-corrected chi connectivity index (χ1v) is 7.54. The number of hydrogen-bond acceptors (Lipinski definition) is 2. The third-order valence-corrected chi connectivity index (χ3v) is 4.84. The van der Waals surface area contributed by atoms with Crippen LogP contribution in [-0.4, -0.2) is 15.6 Å². The van der Waals surface area contributed by atoms with Gasteiger partial charge in [-0.1, -0.05) is 20.8 Å². The highest BCUT2D eigenvalue weighted by Gasteiger charge is 2.28. The molecule has 3 unspecified atom stereocenters. The number of aromatic nitrogens is 2. The van der Waals surface area contributed by atoms with Crippen LogP contribution in [0, 0.1) is 25.7 Å². The van der Waals surface area contributed by atoms with Gasteiger partial charge in [0.15, 0.2) is 5.78 Å². The third kappa shape index (κ3) is 2.60. The van der Waals surface area contributed by atoms with Gasteiger partial charge in [-0.2, -0.15) is 5.10 Å². The Labute approximate surface area is 116 Å². The van der Waals surface area contributed by atoms with Crippen LogP contribution in [0.5, 0.6) is 0 Å². The van der Waals surface area contributed by atoms with Crippen molar-refractivity contribution in [1.82, 2.24) is 9.78 Å². The van der Waals surface area contributed by atoms with Gasteiger partial charge in [-0.15, -0.1) is 0 Å². The molecule has 0 bridgehead atoms. The summed E-state index contributed by atoms with van der Waals surface area (Å²) in [7, 11) is 0. The number of aryl methyl sites for hydroxylation is 1. The molecule has 19 heavy (non-hydrogen) atoms. The van der Waals surface area contributed by atoms with Gasteiger partial charge in [-0.25, -0.2) is 0 Å². The van der Waals surface area contributed by atoms with Crippen LogP contribution in [-0.2, 0) is 0 Å². The van der Waals surface area contributed by atoms with E-state index in [1.54, 1.807) is 0 Å². The zero-order chi connectivity index (χ0) is 14.2. The predicted octanol–water partition coefficient (Wildman–Crippen LogP) is 4.09. The van der Waals surface area contributed by atoms with Crippen molar-refractivity contribution in [3.8, 4) is 0 Å². The molecule has 1 aromatic rings. The van der Waals surface area contributed by atoms with Crippen LogP contribution in [0.2, 0.25) is 0 Å². The van der Waals surface area contributed by atoms with Gasteiger partial charge in [0.1, 0.15) is 0 Å². The molecule has 1 saturated carbocycles. The number of Topliss-reactive ketones (excluding diaryl/α,β-unsaturated/α-hetero) is 1. The van der Waals surface area contributed by atoms with Gasteiger partial charge in [0.25, 0.3) is 0 Å². The average Bonchev–Trinajstić information content (AvgIpc) is 2.67. The summed E-state index contributed by atoms with van der Waals surface area (Å²) < 4.78 is 2.13. The molecular formula is C16H26N2O. The lowest BCUT2D eigenvalue weighted by atomic mass is 9.79. The second-order valence-corrected chi connectivity index (χ2v) is 6.19. The molecule has 0 N–H and O–H groups in total. The summed E-state index contributed by atoms with van der Waals surface area (Å²) in [6.07, 6.45) is 4.20. The molecule has 3 heteroatoms. The molecule has 2 rings (SSSR count). The van der Waals surface area contributed by atoms with Crippen LogP contribution in [0.4, 0.5) is 0 Å². The first kappa shape index (κ1) is 14.3. The Bertz CT molecular complexity index is 475. The Morgan fingerprint density at radius 3 is 2.53 bits per heavy atom. The van der Waals surface area contributed by atoms with E-state index in [-0.39, 0.29) is 5.78 Å². The maximum atomic E-state index is 12.0. The molecule has 1 aliphatic rings. The van der Waals surface area contributed by atoms with Gasteiger partial charge in [0, 0.05) is 12.1 Å². The minimum absolute atomic E-state index is 0.221. The number of carbonyl (C=O) groups is 1. The molecule has 0 spiro atoms. The molecule has 1 aliphatic carbocycles. The van der Waals surface area contributed by atoms with Crippen LogP contribution in [0.3, 0.4) is 0 Å². The lowest BCUT2D eigenvalue weighted by Gasteiger charge is -2.32. The molecule has 1 aromatic heterocycles. The summed E-state index contributed by atoms with van der Waals surface area (Å²) in [6, 6.07) is 0.475. The van der Waals surface area contributed by atoms with Gasteiger partial charge in [0.05, 0.1) is 17.3 Å². The number of hydrogen-bond donors (Lipinski definition) is 0. The zero-order valence-electron chi connectivity index (χ0n) is 12.9. The summed E-state index contributed by atoms with van der Waals surface area (Å²) in [4.78, 5) is 12.0. The molecule has 0 aliphatic heterocycles. The van der Waals surface area contributed by atoms with Crippen LogP contribution < -0.4 is 0 Å². The zero-order valence-corrected chi connectivity index (χ0v) is 12.9. The molecule has 0 radical (unpaired) electrons. The number of nitrogens with zero attached hydrogens (tertiary/aromatic N) is 2. The standard InChI is InChI=1S/C16H26N2O/c1-6-15(19)16-12(4)17-18(13(16)5)14-8-7-10(2)11(3)9-14/h10-11,14H,6-9H2,1-5H3. The lowest BCUT2D eigenvalue weighted by molar-refractivity contribution is 0.0986. The van der Waals surface area contributed by atoms with E-state index in [1.807, 2.05) is 20.8 Å². The van der Waals surface area contributed by atoms with Crippen LogP contribution >= 0.6 is 0 Å². The van der Waals surface area contributed by atoms with E-state index in [0.29, 0.717) is 12.5 Å². The normalized spacial score (nSPS) is 27.5. The fraction of sp³-hybridized carbons (Fsp3) is 0.750. The van der Waals surface area contributed by atoms with Crippen molar-refractivity contribution in [3.05, 3.63) is 17.0 Å². The highest BCUT2D eigenvalue weighted by molar-refractivity contribution is 5.97. The number of ketones is 1. The molecule has 1 heterocycles. The van der Waals surface area contributed by atoms with Gasteiger partial charge in [0.2, 0.25) is 0 Å². The fourth-order valence-electron chi connectivity index (χ4n) is 3.34. The van der Waals surface area contributed by atoms with Gasteiger partial charge < -0.3 is 0 Å². The Kier molecular flexibility index (Phi) is 4.12. The van der Waals surface area contributed by atoms with Gasteiger partial charge in [-0.05, 0) is 44.9 Å². The molecular weight excluding hydrogens is 236 g/mol. The SMILES string of the molecule is CCC(=O)c1c(C)nn(C2CCC(C)C(C)C2)c1C. The summed E-state index contributed by atoms with van der Waals surface area (Å²) in [5.74, 6) is 1.77.